The zero-order valence-corrected chi connectivity index (χ0v) is 17.6. The highest BCUT2D eigenvalue weighted by Gasteiger charge is 2.34. The van der Waals surface area contributed by atoms with Gasteiger partial charge in [-0.1, -0.05) is 48.5 Å². The lowest BCUT2D eigenvalue weighted by atomic mass is 10.1. The summed E-state index contributed by atoms with van der Waals surface area (Å²) in [5.74, 6) is -0.617. The van der Waals surface area contributed by atoms with Gasteiger partial charge >= 0.3 is 0 Å². The Morgan fingerprint density at radius 2 is 1.87 bits per heavy atom. The number of amides is 3. The molecule has 0 spiro atoms. The molecule has 7 nitrogen and oxygen atoms in total. The number of thioether (sulfide) groups is 1. The van der Waals surface area contributed by atoms with Crippen LogP contribution in [-0.4, -0.2) is 42.2 Å². The van der Waals surface area contributed by atoms with Crippen molar-refractivity contribution in [1.82, 2.24) is 10.2 Å². The van der Waals surface area contributed by atoms with Crippen LogP contribution < -0.4 is 5.32 Å². The van der Waals surface area contributed by atoms with E-state index in [9.17, 15) is 14.4 Å². The standard InChI is InChI=1S/C23H20N2O5S/c1-29-14-17-16-9-5-6-10-18(16)30-20(17)21(26)24-11-12-25-22(27)19(31-23(25)28)13-15-7-3-2-4-8-15/h2-10,13H,11-12,14H2,1H3,(H,24,26)/b19-13-. The second kappa shape index (κ2) is 9.20. The van der Waals surface area contributed by atoms with Crippen LogP contribution in [0.15, 0.2) is 63.9 Å². The van der Waals surface area contributed by atoms with E-state index in [2.05, 4.69) is 5.32 Å². The quantitative estimate of drug-likeness (QED) is 0.562. The largest absolute Gasteiger partial charge is 0.451 e. The molecule has 1 saturated heterocycles. The molecular formula is C23H20N2O5S. The Labute approximate surface area is 183 Å². The van der Waals surface area contributed by atoms with Gasteiger partial charge in [-0.05, 0) is 29.5 Å². The lowest BCUT2D eigenvalue weighted by Crippen LogP contribution is -2.37. The van der Waals surface area contributed by atoms with E-state index in [0.717, 1.165) is 27.6 Å². The van der Waals surface area contributed by atoms with Crippen LogP contribution in [0.3, 0.4) is 0 Å². The molecule has 1 aliphatic rings. The minimum Gasteiger partial charge on any atom is -0.451 e. The number of nitrogens with zero attached hydrogens (tertiary/aromatic N) is 1. The Bertz CT molecular complexity index is 1170. The van der Waals surface area contributed by atoms with Gasteiger partial charge < -0.3 is 14.5 Å². The van der Waals surface area contributed by atoms with Crippen molar-refractivity contribution in [3.05, 3.63) is 76.4 Å². The summed E-state index contributed by atoms with van der Waals surface area (Å²) in [4.78, 5) is 39.0. The van der Waals surface area contributed by atoms with Gasteiger partial charge in [-0.3, -0.25) is 19.3 Å². The van der Waals surface area contributed by atoms with Crippen LogP contribution in [0.1, 0.15) is 21.7 Å². The van der Waals surface area contributed by atoms with Crippen molar-refractivity contribution in [3.8, 4) is 0 Å². The number of nitrogens with one attached hydrogen (secondary N) is 1. The fraction of sp³-hybridized carbons (Fsp3) is 0.174. The van der Waals surface area contributed by atoms with Crippen molar-refractivity contribution in [2.45, 2.75) is 6.61 Å². The number of furan rings is 1. The van der Waals surface area contributed by atoms with Gasteiger partial charge in [0, 0.05) is 31.1 Å². The first-order valence-electron chi connectivity index (χ1n) is 9.66. The molecule has 0 aliphatic carbocycles. The first-order chi connectivity index (χ1) is 15.1. The van der Waals surface area contributed by atoms with E-state index in [-0.39, 0.29) is 36.6 Å². The van der Waals surface area contributed by atoms with Crippen molar-refractivity contribution < 1.29 is 23.5 Å². The molecule has 1 N–H and O–H groups in total. The molecule has 2 heterocycles. The van der Waals surface area contributed by atoms with E-state index >= 15 is 0 Å². The predicted molar refractivity (Wildman–Crippen MR) is 118 cm³/mol. The van der Waals surface area contributed by atoms with E-state index in [4.69, 9.17) is 9.15 Å². The van der Waals surface area contributed by atoms with E-state index in [0.29, 0.717) is 16.1 Å². The molecule has 8 heteroatoms. The minimum atomic E-state index is -0.421. The second-order valence-corrected chi connectivity index (χ2v) is 7.83. The summed E-state index contributed by atoms with van der Waals surface area (Å²) in [7, 11) is 1.55. The highest BCUT2D eigenvalue weighted by Crippen LogP contribution is 2.32. The van der Waals surface area contributed by atoms with Gasteiger partial charge in [-0.2, -0.15) is 0 Å². The van der Waals surface area contributed by atoms with Crippen molar-refractivity contribution in [2.75, 3.05) is 20.2 Å². The Hall–Kier alpha value is -3.36. The van der Waals surface area contributed by atoms with Gasteiger partial charge in [0.25, 0.3) is 17.1 Å². The molecule has 0 bridgehead atoms. The molecule has 1 aliphatic heterocycles. The van der Waals surface area contributed by atoms with Crippen LogP contribution >= 0.6 is 11.8 Å². The summed E-state index contributed by atoms with van der Waals surface area (Å²) >= 11 is 0.895. The van der Waals surface area contributed by atoms with Crippen LogP contribution in [0.4, 0.5) is 4.79 Å². The molecule has 0 unspecified atom stereocenters. The summed E-state index contributed by atoms with van der Waals surface area (Å²) in [6, 6.07) is 16.7. The molecule has 0 saturated carbocycles. The number of hydrogen-bond acceptors (Lipinski definition) is 6. The Morgan fingerprint density at radius 3 is 2.65 bits per heavy atom. The maximum atomic E-state index is 12.7. The maximum Gasteiger partial charge on any atom is 0.293 e. The van der Waals surface area contributed by atoms with Crippen LogP contribution in [-0.2, 0) is 16.1 Å². The Morgan fingerprint density at radius 1 is 1.13 bits per heavy atom. The normalized spacial score (nSPS) is 15.3. The third kappa shape index (κ3) is 4.40. The minimum absolute atomic E-state index is 0.0718. The van der Waals surface area contributed by atoms with Gasteiger partial charge in [0.15, 0.2) is 5.76 Å². The number of rotatable bonds is 7. The first-order valence-corrected chi connectivity index (χ1v) is 10.5. The topological polar surface area (TPSA) is 88.9 Å². The predicted octanol–water partition coefficient (Wildman–Crippen LogP) is 4.05. The van der Waals surface area contributed by atoms with Gasteiger partial charge in [-0.15, -0.1) is 0 Å². The van der Waals surface area contributed by atoms with E-state index in [1.807, 2.05) is 48.5 Å². The van der Waals surface area contributed by atoms with Crippen molar-refractivity contribution in [2.24, 2.45) is 0 Å². The first kappa shape index (κ1) is 20.9. The highest BCUT2D eigenvalue weighted by molar-refractivity contribution is 8.18. The Balaban J connectivity index is 1.41. The van der Waals surface area contributed by atoms with Gasteiger partial charge in [0.1, 0.15) is 5.58 Å². The average molecular weight is 436 g/mol. The van der Waals surface area contributed by atoms with Gasteiger partial charge in [0.2, 0.25) is 0 Å². The average Bonchev–Trinajstić information content (AvgIpc) is 3.27. The number of imide groups is 1. The van der Waals surface area contributed by atoms with Crippen molar-refractivity contribution in [1.29, 1.82) is 0 Å². The smallest absolute Gasteiger partial charge is 0.293 e. The van der Waals surface area contributed by atoms with Crippen molar-refractivity contribution >= 4 is 45.9 Å². The molecule has 1 fully saturated rings. The molecule has 4 rings (SSSR count). The summed E-state index contributed by atoms with van der Waals surface area (Å²) in [6.07, 6.45) is 1.69. The monoisotopic (exact) mass is 436 g/mol. The third-order valence-corrected chi connectivity index (χ3v) is 5.69. The van der Waals surface area contributed by atoms with Crippen LogP contribution in [0, 0.1) is 0 Å². The molecule has 0 radical (unpaired) electrons. The molecule has 1 aromatic heterocycles. The maximum absolute atomic E-state index is 12.7. The zero-order chi connectivity index (χ0) is 21.8. The van der Waals surface area contributed by atoms with Crippen LogP contribution in [0.2, 0.25) is 0 Å². The van der Waals surface area contributed by atoms with Crippen LogP contribution in [0.25, 0.3) is 17.0 Å². The number of hydrogen-bond donors (Lipinski definition) is 1. The number of ether oxygens (including phenoxy) is 1. The molecular weight excluding hydrogens is 416 g/mol. The number of benzene rings is 2. The highest BCUT2D eigenvalue weighted by atomic mass is 32.2. The SMILES string of the molecule is COCc1c(C(=O)NCCN2C(=O)S/C(=C\c3ccccc3)C2=O)oc2ccccc12. The number of methoxy groups -OCH3 is 1. The second-order valence-electron chi connectivity index (χ2n) is 6.84. The fourth-order valence-electron chi connectivity index (χ4n) is 3.32. The summed E-state index contributed by atoms with van der Waals surface area (Å²) in [5.41, 5.74) is 2.10. The molecule has 31 heavy (non-hydrogen) atoms. The molecule has 2 aromatic carbocycles. The molecule has 0 atom stereocenters. The summed E-state index contributed by atoms with van der Waals surface area (Å²) < 4.78 is 10.9. The lowest BCUT2D eigenvalue weighted by Gasteiger charge is -2.12. The van der Waals surface area contributed by atoms with Gasteiger partial charge in [0.05, 0.1) is 11.5 Å². The third-order valence-electron chi connectivity index (χ3n) is 4.79. The van der Waals surface area contributed by atoms with E-state index < -0.39 is 5.91 Å². The summed E-state index contributed by atoms with van der Waals surface area (Å²) in [6.45, 7) is 0.411. The fourth-order valence-corrected chi connectivity index (χ4v) is 4.19. The van der Waals surface area contributed by atoms with E-state index in [1.54, 1.807) is 19.3 Å². The van der Waals surface area contributed by atoms with Crippen molar-refractivity contribution in [3.63, 3.8) is 0 Å². The lowest BCUT2D eigenvalue weighted by molar-refractivity contribution is -0.122. The van der Waals surface area contributed by atoms with Gasteiger partial charge in [-0.25, -0.2) is 0 Å². The Kier molecular flexibility index (Phi) is 6.20. The molecule has 3 amide bonds. The van der Waals surface area contributed by atoms with Crippen LogP contribution in [0.5, 0.6) is 0 Å². The molecule has 3 aromatic rings. The zero-order valence-electron chi connectivity index (χ0n) is 16.8. The number of fused-ring (bicyclic) bond motifs is 1. The number of carbonyl (C=O) groups excluding carboxylic acids is 3. The number of para-hydroxylation sites is 1. The summed E-state index contributed by atoms with van der Waals surface area (Å²) in [5, 5.41) is 3.18. The molecule has 158 valence electrons. The van der Waals surface area contributed by atoms with E-state index in [1.165, 1.54) is 0 Å². The number of carbonyl (C=O) groups is 3.